The maximum atomic E-state index is 14.1. The molecule has 0 unspecified atom stereocenters. The third kappa shape index (κ3) is 3.59. The monoisotopic (exact) mass is 402 g/mol. The van der Waals surface area contributed by atoms with Crippen LogP contribution in [0, 0.1) is 17.1 Å². The number of benzene rings is 2. The molecule has 4 rings (SSSR count). The Morgan fingerprint density at radius 3 is 2.67 bits per heavy atom. The molecule has 3 N–H and O–H groups in total. The molecule has 2 aromatic carbocycles. The van der Waals surface area contributed by atoms with Crippen LogP contribution in [0.2, 0.25) is 0 Å². The van der Waals surface area contributed by atoms with Crippen molar-refractivity contribution in [1.82, 2.24) is 4.90 Å². The van der Waals surface area contributed by atoms with E-state index in [9.17, 15) is 9.65 Å². The number of nitrogens with zero attached hydrogens (tertiary/aromatic N) is 2. The first-order chi connectivity index (χ1) is 14.4. The summed E-state index contributed by atoms with van der Waals surface area (Å²) in [5, 5.41) is 12.7. The average Bonchev–Trinajstić information content (AvgIpc) is 3.00. The highest BCUT2D eigenvalue weighted by Gasteiger charge is 2.44. The summed E-state index contributed by atoms with van der Waals surface area (Å²) in [5.41, 5.74) is 11.2. The van der Waals surface area contributed by atoms with E-state index in [0.717, 1.165) is 62.3 Å². The van der Waals surface area contributed by atoms with Crippen molar-refractivity contribution in [3.8, 4) is 6.07 Å². The van der Waals surface area contributed by atoms with Crippen LogP contribution < -0.4 is 11.1 Å². The zero-order chi connectivity index (χ0) is 21.3. The molecule has 2 aliphatic rings. The van der Waals surface area contributed by atoms with Gasteiger partial charge < -0.3 is 16.0 Å². The lowest BCUT2D eigenvalue weighted by atomic mass is 9.72. The number of likely N-dealkylation sites (tertiary alicyclic amines) is 1. The Labute approximate surface area is 177 Å². The molecule has 0 bridgehead atoms. The minimum absolute atomic E-state index is 0.0811. The number of fused-ring (bicyclic) bond motifs is 2. The van der Waals surface area contributed by atoms with Crippen molar-refractivity contribution in [2.45, 2.75) is 31.1 Å². The molecule has 0 amide bonds. The smallest absolute Gasteiger partial charge is 0.132 e. The molecule has 1 spiro atoms. The fraction of sp³-hybridized carbons (Fsp3) is 0.320. The average molecular weight is 403 g/mol. The standard InChI is InChI=1S/C25H27FN4/c1-17(28)21-7-5-19(15-23(21)26)4-3-11-30-12-9-25(10-13-30)18(2)29-24-8-6-20(16-27)14-22(24)25/h5-8,14-15,29H,1-4,9-13,28H2. The third-order valence-electron chi connectivity index (χ3n) is 6.56. The number of rotatable bonds is 5. The van der Waals surface area contributed by atoms with E-state index in [1.165, 1.54) is 5.56 Å². The lowest BCUT2D eigenvalue weighted by Crippen LogP contribution is -2.43. The largest absolute Gasteiger partial charge is 0.399 e. The van der Waals surface area contributed by atoms with E-state index in [1.807, 2.05) is 24.3 Å². The maximum Gasteiger partial charge on any atom is 0.132 e. The zero-order valence-electron chi connectivity index (χ0n) is 17.2. The minimum atomic E-state index is -0.303. The van der Waals surface area contributed by atoms with Crippen molar-refractivity contribution in [2.24, 2.45) is 5.73 Å². The van der Waals surface area contributed by atoms with Gasteiger partial charge in [0.2, 0.25) is 0 Å². The highest BCUT2D eigenvalue weighted by atomic mass is 19.1. The quantitative estimate of drug-likeness (QED) is 0.771. The zero-order valence-corrected chi connectivity index (χ0v) is 17.2. The van der Waals surface area contributed by atoms with Gasteiger partial charge in [0.1, 0.15) is 5.82 Å². The van der Waals surface area contributed by atoms with E-state index in [-0.39, 0.29) is 16.9 Å². The second kappa shape index (κ2) is 7.97. The Bertz CT molecular complexity index is 1040. The Morgan fingerprint density at radius 2 is 2.00 bits per heavy atom. The molecule has 4 nitrogen and oxygen atoms in total. The number of allylic oxidation sites excluding steroid dienone is 1. The molecule has 1 saturated heterocycles. The van der Waals surface area contributed by atoms with Crippen molar-refractivity contribution in [2.75, 3.05) is 25.0 Å². The first-order valence-electron chi connectivity index (χ1n) is 10.4. The van der Waals surface area contributed by atoms with E-state index >= 15 is 0 Å². The van der Waals surface area contributed by atoms with Gasteiger partial charge in [-0.15, -0.1) is 0 Å². The third-order valence-corrected chi connectivity index (χ3v) is 6.56. The van der Waals surface area contributed by atoms with E-state index in [2.05, 4.69) is 29.4 Å². The van der Waals surface area contributed by atoms with Gasteiger partial charge in [-0.25, -0.2) is 4.39 Å². The second-order valence-corrected chi connectivity index (χ2v) is 8.34. The van der Waals surface area contributed by atoms with Gasteiger partial charge in [0.15, 0.2) is 0 Å². The Balaban J connectivity index is 1.35. The van der Waals surface area contributed by atoms with Crippen LogP contribution >= 0.6 is 0 Å². The summed E-state index contributed by atoms with van der Waals surface area (Å²) in [6, 6.07) is 13.3. The maximum absolute atomic E-state index is 14.1. The number of nitrogens with two attached hydrogens (primary N) is 1. The summed E-state index contributed by atoms with van der Waals surface area (Å²) in [7, 11) is 0. The van der Waals surface area contributed by atoms with E-state index < -0.39 is 0 Å². The molecule has 154 valence electrons. The topological polar surface area (TPSA) is 65.1 Å². The van der Waals surface area contributed by atoms with Gasteiger partial charge >= 0.3 is 0 Å². The van der Waals surface area contributed by atoms with Crippen LogP contribution in [0.25, 0.3) is 5.70 Å². The lowest BCUT2D eigenvalue weighted by Gasteiger charge is -2.40. The van der Waals surface area contributed by atoms with Crippen LogP contribution in [0.15, 0.2) is 55.3 Å². The number of piperidine rings is 1. The van der Waals surface area contributed by atoms with Crippen LogP contribution in [0.3, 0.4) is 0 Å². The summed E-state index contributed by atoms with van der Waals surface area (Å²) < 4.78 is 14.1. The van der Waals surface area contributed by atoms with Gasteiger partial charge in [-0.3, -0.25) is 0 Å². The van der Waals surface area contributed by atoms with Gasteiger partial charge in [0.05, 0.1) is 11.6 Å². The molecule has 0 atom stereocenters. The number of nitriles is 1. The van der Waals surface area contributed by atoms with Gasteiger partial charge in [0.25, 0.3) is 0 Å². The van der Waals surface area contributed by atoms with E-state index in [1.54, 1.807) is 12.1 Å². The summed E-state index contributed by atoms with van der Waals surface area (Å²) in [5.74, 6) is -0.303. The molecule has 0 aliphatic carbocycles. The van der Waals surface area contributed by atoms with Crippen molar-refractivity contribution in [3.05, 3.63) is 83.3 Å². The summed E-state index contributed by atoms with van der Waals surface area (Å²) in [6.07, 6.45) is 3.79. The molecule has 1 fully saturated rings. The lowest BCUT2D eigenvalue weighted by molar-refractivity contribution is 0.179. The van der Waals surface area contributed by atoms with Crippen molar-refractivity contribution >= 4 is 11.4 Å². The SMILES string of the molecule is C=C(N)c1ccc(CCCN2CCC3(CC2)C(=C)Nc2ccc(C#N)cc23)cc1F. The Morgan fingerprint density at radius 1 is 1.23 bits per heavy atom. The first kappa shape index (κ1) is 20.2. The number of hydrogen-bond acceptors (Lipinski definition) is 4. The number of anilines is 1. The Kier molecular flexibility index (Phi) is 5.36. The highest BCUT2D eigenvalue weighted by Crippen LogP contribution is 2.49. The number of hydrogen-bond donors (Lipinski definition) is 2. The molecule has 2 aromatic rings. The van der Waals surface area contributed by atoms with Gasteiger partial charge in [-0.2, -0.15) is 5.26 Å². The predicted octanol–water partition coefficient (Wildman–Crippen LogP) is 4.53. The molecule has 0 aromatic heterocycles. The van der Waals surface area contributed by atoms with Crippen molar-refractivity contribution in [3.63, 3.8) is 0 Å². The van der Waals surface area contributed by atoms with Gasteiger partial charge in [-0.05, 0) is 86.8 Å². The van der Waals surface area contributed by atoms with E-state index in [0.29, 0.717) is 11.1 Å². The van der Waals surface area contributed by atoms with Crippen LogP contribution in [0.5, 0.6) is 0 Å². The number of halogens is 1. The fourth-order valence-electron chi connectivity index (χ4n) is 4.77. The molecule has 2 aliphatic heterocycles. The molecule has 0 radical (unpaired) electrons. The van der Waals surface area contributed by atoms with Crippen LogP contribution in [0.4, 0.5) is 10.1 Å². The highest BCUT2D eigenvalue weighted by molar-refractivity contribution is 5.69. The fourth-order valence-corrected chi connectivity index (χ4v) is 4.77. The molecule has 5 heteroatoms. The second-order valence-electron chi connectivity index (χ2n) is 8.34. The molecule has 2 heterocycles. The Hall–Kier alpha value is -3.10. The van der Waals surface area contributed by atoms with Gasteiger partial charge in [-0.1, -0.05) is 19.2 Å². The molecule has 30 heavy (non-hydrogen) atoms. The first-order valence-corrected chi connectivity index (χ1v) is 10.4. The summed E-state index contributed by atoms with van der Waals surface area (Å²) in [4.78, 5) is 2.47. The van der Waals surface area contributed by atoms with Crippen LogP contribution in [-0.2, 0) is 11.8 Å². The summed E-state index contributed by atoms with van der Waals surface area (Å²) in [6.45, 7) is 10.8. The predicted molar refractivity (Wildman–Crippen MR) is 119 cm³/mol. The summed E-state index contributed by atoms with van der Waals surface area (Å²) >= 11 is 0. The van der Waals surface area contributed by atoms with Crippen LogP contribution in [0.1, 0.15) is 41.5 Å². The molecular weight excluding hydrogens is 375 g/mol. The number of nitrogens with one attached hydrogen (secondary N) is 1. The van der Waals surface area contributed by atoms with Crippen LogP contribution in [-0.4, -0.2) is 24.5 Å². The van der Waals surface area contributed by atoms with Crippen molar-refractivity contribution < 1.29 is 4.39 Å². The number of aryl methyl sites for hydroxylation is 1. The molecular formula is C25H27FN4. The van der Waals surface area contributed by atoms with E-state index in [4.69, 9.17) is 5.73 Å². The van der Waals surface area contributed by atoms with Crippen molar-refractivity contribution in [1.29, 1.82) is 5.26 Å². The van der Waals surface area contributed by atoms with Gasteiger partial charge in [0, 0.05) is 28.1 Å². The molecule has 0 saturated carbocycles. The minimum Gasteiger partial charge on any atom is -0.399 e. The normalized spacial score (nSPS) is 17.4.